The number of nitrogens with two attached hydrogens (primary N) is 1. The Morgan fingerprint density at radius 1 is 0.962 bits per heavy atom. The van der Waals surface area contributed by atoms with Crippen molar-refractivity contribution >= 4 is 29.6 Å². The second kappa shape index (κ2) is 19.7. The van der Waals surface area contributed by atoms with Crippen LogP contribution in [0.1, 0.15) is 92.4 Å². The molecule has 294 valence electrons. The Labute approximate surface area is 310 Å². The summed E-state index contributed by atoms with van der Waals surface area (Å²) in [5.41, 5.74) is 4.89. The molecule has 0 spiro atoms. The van der Waals surface area contributed by atoms with E-state index in [1.165, 1.54) is 14.2 Å². The van der Waals surface area contributed by atoms with Crippen molar-refractivity contribution in [2.75, 3.05) is 34.9 Å². The zero-order valence-electron chi connectivity index (χ0n) is 32.9. The Kier molecular flexibility index (Phi) is 16.3. The number of hydrogen-bond donors (Lipinski definition) is 3. The van der Waals surface area contributed by atoms with E-state index in [4.69, 9.17) is 19.9 Å². The Morgan fingerprint density at radius 2 is 1.63 bits per heavy atom. The van der Waals surface area contributed by atoms with Crippen LogP contribution in [0.5, 0.6) is 0 Å². The number of nitrogens with zero attached hydrogens (tertiary/aromatic N) is 2. The molecule has 0 aromatic rings. The summed E-state index contributed by atoms with van der Waals surface area (Å²) >= 11 is 0. The molecule has 0 aromatic heterocycles. The third-order valence-electron chi connectivity index (χ3n) is 11.1. The number of allylic oxidation sites excluding steroid dienone is 4. The summed E-state index contributed by atoms with van der Waals surface area (Å²) in [5.74, 6) is -2.33. The quantitative estimate of drug-likeness (QED) is 0.179. The van der Waals surface area contributed by atoms with Crippen LogP contribution in [0.2, 0.25) is 0 Å². The van der Waals surface area contributed by atoms with Crippen LogP contribution in [0.15, 0.2) is 24.3 Å². The number of amides is 4. The zero-order chi connectivity index (χ0) is 38.7. The zero-order valence-corrected chi connectivity index (χ0v) is 32.9. The van der Waals surface area contributed by atoms with E-state index >= 15 is 0 Å². The summed E-state index contributed by atoms with van der Waals surface area (Å²) in [5, 5.41) is 5.76. The first-order chi connectivity index (χ1) is 24.5. The number of likely N-dealkylation sites (N-methyl/N-ethyl adjacent to an activating group) is 1. The van der Waals surface area contributed by atoms with E-state index < -0.39 is 53.7 Å². The van der Waals surface area contributed by atoms with Crippen LogP contribution in [0.25, 0.3) is 0 Å². The van der Waals surface area contributed by atoms with Crippen molar-refractivity contribution in [2.24, 2.45) is 29.4 Å². The van der Waals surface area contributed by atoms with Crippen molar-refractivity contribution in [3.8, 4) is 0 Å². The van der Waals surface area contributed by atoms with Crippen LogP contribution in [0.4, 0.5) is 0 Å². The molecule has 52 heavy (non-hydrogen) atoms. The molecule has 0 aromatic carbocycles. The fourth-order valence-electron chi connectivity index (χ4n) is 8.06. The topological polar surface area (TPSA) is 170 Å². The van der Waals surface area contributed by atoms with Crippen molar-refractivity contribution in [2.45, 2.75) is 134 Å². The van der Waals surface area contributed by atoms with Crippen molar-refractivity contribution < 1.29 is 38.2 Å². The molecule has 4 N–H and O–H groups in total. The highest BCUT2D eigenvalue weighted by Gasteiger charge is 2.44. The van der Waals surface area contributed by atoms with Gasteiger partial charge in [-0.05, 0) is 70.1 Å². The number of carbonyl (C=O) groups is 5. The normalized spacial score (nSPS) is 22.7. The molecule has 13 heteroatoms. The Morgan fingerprint density at radius 3 is 2.17 bits per heavy atom. The molecule has 3 aliphatic rings. The van der Waals surface area contributed by atoms with E-state index in [-0.39, 0.29) is 47.9 Å². The average Bonchev–Trinajstić information content (AvgIpc) is 3.82. The van der Waals surface area contributed by atoms with Gasteiger partial charge in [0.1, 0.15) is 12.1 Å². The first-order valence-electron chi connectivity index (χ1n) is 19.0. The third kappa shape index (κ3) is 11.1. The Bertz CT molecular complexity index is 1290. The fourth-order valence-corrected chi connectivity index (χ4v) is 8.06. The maximum absolute atomic E-state index is 14.2. The predicted octanol–water partition coefficient (Wildman–Crippen LogP) is 3.11. The monoisotopic (exact) mass is 731 g/mol. The smallest absolute Gasteiger partial charge is 0.328 e. The lowest BCUT2D eigenvalue weighted by Gasteiger charge is -2.41. The first kappa shape index (κ1) is 43.1. The number of likely N-dealkylation sites (tertiary alicyclic amines) is 1. The van der Waals surface area contributed by atoms with E-state index in [2.05, 4.69) is 10.6 Å². The molecular formula is C39H65N5O8. The highest BCUT2D eigenvalue weighted by atomic mass is 16.5. The van der Waals surface area contributed by atoms with Gasteiger partial charge in [0.2, 0.25) is 23.6 Å². The minimum Gasteiger partial charge on any atom is -0.467 e. The molecule has 3 rings (SSSR count). The molecule has 8 atom stereocenters. The van der Waals surface area contributed by atoms with Crippen molar-refractivity contribution in [3.05, 3.63) is 24.3 Å². The van der Waals surface area contributed by atoms with Gasteiger partial charge in [-0.15, -0.1) is 0 Å². The summed E-state index contributed by atoms with van der Waals surface area (Å²) < 4.78 is 17.0. The molecule has 13 nitrogen and oxygen atoms in total. The van der Waals surface area contributed by atoms with E-state index in [1.54, 1.807) is 44.7 Å². The van der Waals surface area contributed by atoms with E-state index in [0.717, 1.165) is 38.5 Å². The van der Waals surface area contributed by atoms with Crippen LogP contribution < -0.4 is 16.4 Å². The van der Waals surface area contributed by atoms with Gasteiger partial charge in [0.15, 0.2) is 0 Å². The SMILES string of the molecule is COC(=O)[C@H](CC1C=CC=CC1)NC(=O)[C@H](C)[C@@H](OC)[C@@H]1CCCN1C(=O)C[C@@H](OC)[C@H](C1CCCC1)N(C)C(=O)[C@@H](NC(=O)C(C)(C)N)C(C)C. The Hall–Kier alpha value is -3.29. The Balaban J connectivity index is 1.78. The molecular weight excluding hydrogens is 666 g/mol. The summed E-state index contributed by atoms with van der Waals surface area (Å²) in [4.78, 5) is 71.0. The van der Waals surface area contributed by atoms with Gasteiger partial charge in [-0.2, -0.15) is 0 Å². The predicted molar refractivity (Wildman–Crippen MR) is 199 cm³/mol. The molecule has 0 radical (unpaired) electrons. The molecule has 4 amide bonds. The lowest BCUT2D eigenvalue weighted by molar-refractivity contribution is -0.149. The van der Waals surface area contributed by atoms with Gasteiger partial charge >= 0.3 is 5.97 Å². The summed E-state index contributed by atoms with van der Waals surface area (Å²) in [7, 11) is 6.15. The van der Waals surface area contributed by atoms with Gasteiger partial charge in [-0.25, -0.2) is 4.79 Å². The molecule has 2 aliphatic carbocycles. The summed E-state index contributed by atoms with van der Waals surface area (Å²) in [6, 6.07) is -2.39. The standard InChI is InChI=1S/C39H65N5O8/c1-24(2)32(42-38(49)39(4,5)40)36(47)43(6)33(27-18-13-14-19-27)30(50-7)23-31(45)44-21-15-20-29(44)34(51-8)25(3)35(46)41-28(37(48)52-9)22-26-16-11-10-12-17-26/h10-12,16,24-30,32-34H,13-15,17-23,40H2,1-9H3,(H,41,46)(H,42,49)/t25-,26?,28+,29+,30-,32+,33+,34-/m1/s1. The van der Waals surface area contributed by atoms with Gasteiger partial charge in [0.25, 0.3) is 0 Å². The van der Waals surface area contributed by atoms with Crippen LogP contribution in [-0.2, 0) is 38.2 Å². The van der Waals surface area contributed by atoms with Gasteiger partial charge in [-0.1, -0.05) is 57.9 Å². The van der Waals surface area contributed by atoms with E-state index in [0.29, 0.717) is 19.4 Å². The summed E-state index contributed by atoms with van der Waals surface area (Å²) in [6.07, 6.45) is 13.2. The summed E-state index contributed by atoms with van der Waals surface area (Å²) in [6.45, 7) is 9.21. The molecule has 0 bridgehead atoms. The second-order valence-electron chi connectivity index (χ2n) is 15.8. The largest absolute Gasteiger partial charge is 0.467 e. The van der Waals surface area contributed by atoms with Gasteiger partial charge < -0.3 is 40.4 Å². The molecule has 1 heterocycles. The van der Waals surface area contributed by atoms with Crippen molar-refractivity contribution in [1.29, 1.82) is 0 Å². The maximum atomic E-state index is 14.2. The maximum Gasteiger partial charge on any atom is 0.328 e. The number of hydrogen-bond acceptors (Lipinski definition) is 9. The van der Waals surface area contributed by atoms with Gasteiger partial charge in [-0.3, -0.25) is 19.2 Å². The van der Waals surface area contributed by atoms with Crippen LogP contribution in [-0.4, -0.2) is 116 Å². The minimum atomic E-state index is -1.16. The highest BCUT2D eigenvalue weighted by molar-refractivity contribution is 5.92. The van der Waals surface area contributed by atoms with Crippen LogP contribution >= 0.6 is 0 Å². The lowest BCUT2D eigenvalue weighted by Crippen LogP contribution is -2.60. The van der Waals surface area contributed by atoms with Crippen LogP contribution in [0.3, 0.4) is 0 Å². The number of carbonyl (C=O) groups excluding carboxylic acids is 5. The van der Waals surface area contributed by atoms with Crippen molar-refractivity contribution in [3.63, 3.8) is 0 Å². The second-order valence-corrected chi connectivity index (χ2v) is 15.8. The highest BCUT2D eigenvalue weighted by Crippen LogP contribution is 2.35. The minimum absolute atomic E-state index is 0.0328. The molecule has 1 saturated heterocycles. The third-order valence-corrected chi connectivity index (χ3v) is 11.1. The molecule has 1 saturated carbocycles. The van der Waals surface area contributed by atoms with Gasteiger partial charge in [0, 0.05) is 27.8 Å². The number of rotatable bonds is 18. The number of esters is 1. The van der Waals surface area contributed by atoms with Crippen molar-refractivity contribution in [1.82, 2.24) is 20.4 Å². The van der Waals surface area contributed by atoms with E-state index in [1.807, 2.05) is 38.2 Å². The number of ether oxygens (including phenoxy) is 3. The van der Waals surface area contributed by atoms with Crippen LogP contribution in [0, 0.1) is 23.7 Å². The fraction of sp³-hybridized carbons (Fsp3) is 0.769. The molecule has 1 aliphatic heterocycles. The lowest BCUT2D eigenvalue weighted by atomic mass is 9.88. The number of nitrogens with one attached hydrogen (secondary N) is 2. The average molecular weight is 732 g/mol. The first-order valence-corrected chi connectivity index (χ1v) is 19.0. The number of methoxy groups -OCH3 is 3. The van der Waals surface area contributed by atoms with E-state index in [9.17, 15) is 24.0 Å². The molecule has 2 fully saturated rings. The molecule has 1 unspecified atom stereocenters. The van der Waals surface area contributed by atoms with Gasteiger partial charge in [0.05, 0.1) is 49.3 Å².